The van der Waals surface area contributed by atoms with Gasteiger partial charge >= 0.3 is 5.97 Å². The van der Waals surface area contributed by atoms with Crippen LogP contribution in [-0.4, -0.2) is 35.2 Å². The Labute approximate surface area is 156 Å². The number of carbonyl (C=O) groups is 1. The zero-order chi connectivity index (χ0) is 19.5. The van der Waals surface area contributed by atoms with E-state index in [1.165, 1.54) is 25.3 Å². The maximum atomic E-state index is 14.0. The Morgan fingerprint density at radius 3 is 2.46 bits per heavy atom. The maximum Gasteiger partial charge on any atom is 0.326 e. The molecule has 0 N–H and O–H groups in total. The van der Waals surface area contributed by atoms with Crippen LogP contribution < -0.4 is 9.04 Å². The van der Waals surface area contributed by atoms with E-state index in [4.69, 9.17) is 16.3 Å². The molecule has 0 aromatic heterocycles. The van der Waals surface area contributed by atoms with Crippen LogP contribution in [0.3, 0.4) is 0 Å². The number of hydrogen-bond acceptors (Lipinski definition) is 5. The molecule has 0 amide bonds. The molecule has 0 radical (unpaired) electrons. The smallest absolute Gasteiger partial charge is 0.326 e. The van der Waals surface area contributed by atoms with Gasteiger partial charge in [0.2, 0.25) is 0 Å². The van der Waals surface area contributed by atoms with Crippen molar-refractivity contribution in [3.05, 3.63) is 52.8 Å². The molecule has 0 atom stereocenters. The number of anilines is 1. The normalized spacial score (nSPS) is 11.1. The van der Waals surface area contributed by atoms with Crippen molar-refractivity contribution >= 4 is 33.3 Å². The molecule has 0 fully saturated rings. The van der Waals surface area contributed by atoms with E-state index < -0.39 is 28.4 Å². The largest absolute Gasteiger partial charge is 0.494 e. The zero-order valence-electron chi connectivity index (χ0n) is 14.3. The van der Waals surface area contributed by atoms with E-state index in [1.807, 2.05) is 0 Å². The first kappa shape index (κ1) is 20.0. The summed E-state index contributed by atoms with van der Waals surface area (Å²) in [6, 6.07) is 7.85. The van der Waals surface area contributed by atoms with Crippen LogP contribution in [-0.2, 0) is 19.6 Å². The first-order valence-electron chi connectivity index (χ1n) is 7.40. The third kappa shape index (κ3) is 4.08. The number of hydrogen-bond donors (Lipinski definition) is 0. The molecule has 9 heteroatoms. The van der Waals surface area contributed by atoms with Crippen molar-refractivity contribution in [3.63, 3.8) is 0 Å². The number of carbonyl (C=O) groups excluding carboxylic acids is 1. The molecule has 0 saturated carbocycles. The van der Waals surface area contributed by atoms with E-state index in [-0.39, 0.29) is 21.4 Å². The van der Waals surface area contributed by atoms with Gasteiger partial charge in [0, 0.05) is 5.02 Å². The zero-order valence-corrected chi connectivity index (χ0v) is 15.9. The van der Waals surface area contributed by atoms with Crippen LogP contribution in [0.1, 0.15) is 5.56 Å². The van der Waals surface area contributed by atoms with E-state index in [0.29, 0.717) is 5.56 Å². The molecular weight excluding hydrogens is 385 g/mol. The molecule has 2 aromatic rings. The van der Waals surface area contributed by atoms with Crippen molar-refractivity contribution < 1.29 is 27.1 Å². The van der Waals surface area contributed by atoms with Gasteiger partial charge in [0.15, 0.2) is 11.6 Å². The monoisotopic (exact) mass is 401 g/mol. The number of methoxy groups -OCH3 is 2. The molecule has 26 heavy (non-hydrogen) atoms. The summed E-state index contributed by atoms with van der Waals surface area (Å²) in [5, 5.41) is 0.288. The molecule has 2 rings (SSSR count). The number of sulfonamides is 1. The molecule has 0 aliphatic heterocycles. The van der Waals surface area contributed by atoms with Crippen molar-refractivity contribution in [1.82, 2.24) is 0 Å². The number of ether oxygens (including phenoxy) is 2. The molecular formula is C17H17ClFNO5S. The summed E-state index contributed by atoms with van der Waals surface area (Å²) in [4.78, 5) is 11.4. The van der Waals surface area contributed by atoms with Crippen molar-refractivity contribution in [2.24, 2.45) is 0 Å². The average Bonchev–Trinajstić information content (AvgIpc) is 2.61. The quantitative estimate of drug-likeness (QED) is 0.695. The van der Waals surface area contributed by atoms with Crippen LogP contribution in [0.15, 0.2) is 41.3 Å². The number of esters is 1. The highest BCUT2D eigenvalue weighted by molar-refractivity contribution is 7.92. The summed E-state index contributed by atoms with van der Waals surface area (Å²) in [5.41, 5.74) is 0.759. The van der Waals surface area contributed by atoms with Gasteiger partial charge in [0.25, 0.3) is 10.0 Å². The SMILES string of the molecule is COC(=O)CN(c1cc(Cl)ccc1C)S(=O)(=O)c1ccc(OC)c(F)c1. The van der Waals surface area contributed by atoms with Crippen LogP contribution in [0.2, 0.25) is 5.02 Å². The van der Waals surface area contributed by atoms with Gasteiger partial charge in [0.1, 0.15) is 6.54 Å². The first-order valence-corrected chi connectivity index (χ1v) is 9.21. The van der Waals surface area contributed by atoms with Gasteiger partial charge in [-0.1, -0.05) is 17.7 Å². The van der Waals surface area contributed by atoms with Gasteiger partial charge < -0.3 is 9.47 Å². The van der Waals surface area contributed by atoms with Gasteiger partial charge in [-0.3, -0.25) is 9.10 Å². The van der Waals surface area contributed by atoms with Crippen molar-refractivity contribution in [2.45, 2.75) is 11.8 Å². The van der Waals surface area contributed by atoms with Crippen molar-refractivity contribution in [1.29, 1.82) is 0 Å². The summed E-state index contributed by atoms with van der Waals surface area (Å²) in [6.07, 6.45) is 0. The first-order chi connectivity index (χ1) is 12.2. The minimum absolute atomic E-state index is 0.0950. The molecule has 2 aromatic carbocycles. The van der Waals surface area contributed by atoms with E-state index in [0.717, 1.165) is 17.5 Å². The topological polar surface area (TPSA) is 72.9 Å². The molecule has 0 aliphatic carbocycles. The number of rotatable bonds is 6. The lowest BCUT2D eigenvalue weighted by atomic mass is 10.2. The molecule has 140 valence electrons. The number of aryl methyl sites for hydroxylation is 1. The minimum atomic E-state index is -4.27. The summed E-state index contributed by atoms with van der Waals surface area (Å²) in [7, 11) is -1.85. The second kappa shape index (κ2) is 7.92. The highest BCUT2D eigenvalue weighted by atomic mass is 35.5. The molecule has 0 aliphatic rings. The summed E-state index contributed by atoms with van der Waals surface area (Å²) in [5.74, 6) is -1.71. The third-order valence-corrected chi connectivity index (χ3v) is 5.64. The molecule has 0 unspecified atom stereocenters. The fourth-order valence-electron chi connectivity index (χ4n) is 2.27. The number of nitrogens with zero attached hydrogens (tertiary/aromatic N) is 1. The predicted molar refractivity (Wildman–Crippen MR) is 95.7 cm³/mol. The summed E-state index contributed by atoms with van der Waals surface area (Å²) in [6.45, 7) is 1.08. The molecule has 0 bridgehead atoms. The van der Waals surface area contributed by atoms with Gasteiger partial charge in [-0.2, -0.15) is 0 Å². The predicted octanol–water partition coefficient (Wildman–Crippen LogP) is 3.16. The van der Waals surface area contributed by atoms with Gasteiger partial charge in [-0.25, -0.2) is 12.8 Å². The minimum Gasteiger partial charge on any atom is -0.494 e. The lowest BCUT2D eigenvalue weighted by molar-refractivity contribution is -0.138. The van der Waals surface area contributed by atoms with Gasteiger partial charge in [-0.15, -0.1) is 0 Å². The second-order valence-corrected chi connectivity index (χ2v) is 7.61. The Morgan fingerprint density at radius 2 is 1.88 bits per heavy atom. The third-order valence-electron chi connectivity index (χ3n) is 3.65. The Morgan fingerprint density at radius 1 is 1.19 bits per heavy atom. The van der Waals surface area contributed by atoms with E-state index in [1.54, 1.807) is 19.1 Å². The average molecular weight is 402 g/mol. The Bertz CT molecular complexity index is 933. The fourth-order valence-corrected chi connectivity index (χ4v) is 3.91. The van der Waals surface area contributed by atoms with Crippen molar-refractivity contribution in [3.8, 4) is 5.75 Å². The van der Waals surface area contributed by atoms with Crippen LogP contribution in [0, 0.1) is 12.7 Å². The van der Waals surface area contributed by atoms with Crippen LogP contribution in [0.25, 0.3) is 0 Å². The lowest BCUT2D eigenvalue weighted by Crippen LogP contribution is -2.36. The second-order valence-electron chi connectivity index (χ2n) is 5.31. The molecule has 0 spiro atoms. The highest BCUT2D eigenvalue weighted by Gasteiger charge is 2.29. The fraction of sp³-hybridized carbons (Fsp3) is 0.235. The van der Waals surface area contributed by atoms with Crippen LogP contribution in [0.4, 0.5) is 10.1 Å². The number of halogens is 2. The van der Waals surface area contributed by atoms with Gasteiger partial charge in [0.05, 0.1) is 24.8 Å². The molecule has 0 saturated heterocycles. The summed E-state index contributed by atoms with van der Waals surface area (Å²) >= 11 is 5.98. The highest BCUT2D eigenvalue weighted by Crippen LogP contribution is 2.30. The van der Waals surface area contributed by atoms with Crippen molar-refractivity contribution in [2.75, 3.05) is 25.1 Å². The van der Waals surface area contributed by atoms with E-state index in [2.05, 4.69) is 4.74 Å². The van der Waals surface area contributed by atoms with Crippen LogP contribution >= 0.6 is 11.6 Å². The maximum absolute atomic E-state index is 14.0. The van der Waals surface area contributed by atoms with E-state index in [9.17, 15) is 17.6 Å². The Hall–Kier alpha value is -2.32. The molecule has 0 heterocycles. The Balaban J connectivity index is 2.61. The molecule has 6 nitrogen and oxygen atoms in total. The van der Waals surface area contributed by atoms with E-state index >= 15 is 0 Å². The van der Waals surface area contributed by atoms with Gasteiger partial charge in [-0.05, 0) is 42.8 Å². The summed E-state index contributed by atoms with van der Waals surface area (Å²) < 4.78 is 50.4. The number of benzene rings is 2. The Kier molecular flexibility index (Phi) is 6.09. The standard InChI is InChI=1S/C17H17ClFNO5S/c1-11-4-5-12(18)8-15(11)20(10-17(21)25-3)26(22,23)13-6-7-16(24-2)14(19)9-13/h4-9H,10H2,1-3H3. The van der Waals surface area contributed by atoms with Crippen LogP contribution in [0.5, 0.6) is 5.75 Å². The lowest BCUT2D eigenvalue weighted by Gasteiger charge is -2.25.